The van der Waals surface area contributed by atoms with Crippen molar-refractivity contribution in [2.24, 2.45) is 5.73 Å². The number of hydrogen-bond donors (Lipinski definition) is 1. The number of ether oxygens (including phenoxy) is 1. The van der Waals surface area contributed by atoms with Gasteiger partial charge in [0.2, 0.25) is 5.88 Å². The molecule has 2 rings (SSSR count). The Kier molecular flexibility index (Phi) is 2.04. The van der Waals surface area contributed by atoms with Crippen molar-refractivity contribution in [3.05, 3.63) is 41.3 Å². The highest BCUT2D eigenvalue weighted by Crippen LogP contribution is 2.36. The Hall–Kier alpha value is -2.46. The lowest BCUT2D eigenvalue weighted by Gasteiger charge is -2.20. The molecular weight excluding hydrogens is 190 g/mol. The average molecular weight is 197 g/mol. The largest absolute Gasteiger partial charge is 0.440 e. The van der Waals surface area contributed by atoms with Gasteiger partial charge in [-0.25, -0.2) is 0 Å². The van der Waals surface area contributed by atoms with Crippen LogP contribution in [0, 0.1) is 22.7 Å². The van der Waals surface area contributed by atoms with Crippen LogP contribution in [0.1, 0.15) is 11.5 Å². The molecule has 1 unspecified atom stereocenters. The molecule has 1 aliphatic heterocycles. The van der Waals surface area contributed by atoms with Crippen molar-refractivity contribution in [2.45, 2.75) is 5.92 Å². The Morgan fingerprint density at radius 3 is 2.67 bits per heavy atom. The molecule has 0 amide bonds. The van der Waals surface area contributed by atoms with Gasteiger partial charge in [0.15, 0.2) is 0 Å². The molecule has 0 fully saturated rings. The number of nitriles is 2. The molecule has 1 heterocycles. The van der Waals surface area contributed by atoms with E-state index in [1.54, 1.807) is 24.3 Å². The summed E-state index contributed by atoms with van der Waals surface area (Å²) in [4.78, 5) is 0. The van der Waals surface area contributed by atoms with Crippen molar-refractivity contribution in [2.75, 3.05) is 0 Å². The molecule has 0 aliphatic carbocycles. The van der Waals surface area contributed by atoms with Gasteiger partial charge in [-0.05, 0) is 6.07 Å². The molecule has 0 saturated heterocycles. The molecule has 0 radical (unpaired) electrons. The molecule has 0 spiro atoms. The number of para-hydroxylation sites is 1. The normalized spacial score (nSPS) is 18.4. The van der Waals surface area contributed by atoms with E-state index in [2.05, 4.69) is 6.07 Å². The zero-order chi connectivity index (χ0) is 10.8. The predicted molar refractivity (Wildman–Crippen MR) is 52.3 cm³/mol. The minimum Gasteiger partial charge on any atom is -0.440 e. The lowest BCUT2D eigenvalue weighted by Crippen LogP contribution is -2.19. The average Bonchev–Trinajstić information content (AvgIpc) is 2.27. The highest BCUT2D eigenvalue weighted by molar-refractivity contribution is 5.52. The second-order valence-corrected chi connectivity index (χ2v) is 3.09. The van der Waals surface area contributed by atoms with Gasteiger partial charge in [-0.1, -0.05) is 18.2 Å². The van der Waals surface area contributed by atoms with Crippen molar-refractivity contribution in [3.8, 4) is 17.9 Å². The van der Waals surface area contributed by atoms with E-state index in [0.717, 1.165) is 0 Å². The van der Waals surface area contributed by atoms with Gasteiger partial charge in [0.05, 0.1) is 6.07 Å². The van der Waals surface area contributed by atoms with Crippen molar-refractivity contribution in [1.29, 1.82) is 10.5 Å². The summed E-state index contributed by atoms with van der Waals surface area (Å²) in [6.45, 7) is 0. The van der Waals surface area contributed by atoms with Gasteiger partial charge in [-0.2, -0.15) is 10.5 Å². The van der Waals surface area contributed by atoms with E-state index in [9.17, 15) is 0 Å². The van der Waals surface area contributed by atoms with Gasteiger partial charge in [0.25, 0.3) is 0 Å². The molecule has 1 aromatic carbocycles. The summed E-state index contributed by atoms with van der Waals surface area (Å²) in [5.41, 5.74) is 6.42. The van der Waals surface area contributed by atoms with Crippen molar-refractivity contribution in [1.82, 2.24) is 0 Å². The zero-order valence-corrected chi connectivity index (χ0v) is 7.77. The SMILES string of the molecule is N#CC1=C(N)Oc2ccccc2C1C#N. The molecule has 4 heteroatoms. The lowest BCUT2D eigenvalue weighted by molar-refractivity contribution is 0.395. The van der Waals surface area contributed by atoms with Crippen LogP contribution >= 0.6 is 0 Å². The Morgan fingerprint density at radius 2 is 2.00 bits per heavy atom. The van der Waals surface area contributed by atoms with Crippen LogP contribution in [0.15, 0.2) is 35.7 Å². The summed E-state index contributed by atoms with van der Waals surface area (Å²) < 4.78 is 5.25. The van der Waals surface area contributed by atoms with Gasteiger partial charge < -0.3 is 10.5 Å². The van der Waals surface area contributed by atoms with Crippen molar-refractivity contribution in [3.63, 3.8) is 0 Å². The minimum absolute atomic E-state index is 0.0164. The van der Waals surface area contributed by atoms with Crippen LogP contribution in [0.5, 0.6) is 5.75 Å². The number of allylic oxidation sites excluding steroid dienone is 1. The fraction of sp³-hybridized carbons (Fsp3) is 0.0909. The molecule has 1 aliphatic rings. The predicted octanol–water partition coefficient (Wildman–Crippen LogP) is 1.38. The molecule has 2 N–H and O–H groups in total. The first-order valence-electron chi connectivity index (χ1n) is 4.34. The minimum atomic E-state index is -0.625. The third kappa shape index (κ3) is 1.29. The van der Waals surface area contributed by atoms with Crippen LogP contribution < -0.4 is 10.5 Å². The zero-order valence-electron chi connectivity index (χ0n) is 7.77. The van der Waals surface area contributed by atoms with Crippen LogP contribution in [0.4, 0.5) is 0 Å². The Labute approximate surface area is 86.8 Å². The molecule has 1 aromatic rings. The third-order valence-electron chi connectivity index (χ3n) is 2.25. The summed E-state index contributed by atoms with van der Waals surface area (Å²) in [6.07, 6.45) is 0. The number of fused-ring (bicyclic) bond motifs is 1. The molecule has 0 saturated carbocycles. The van der Waals surface area contributed by atoms with E-state index in [1.807, 2.05) is 6.07 Å². The van der Waals surface area contributed by atoms with Gasteiger partial charge in [-0.15, -0.1) is 0 Å². The lowest BCUT2D eigenvalue weighted by atomic mass is 9.91. The molecular formula is C11H7N3O. The molecule has 4 nitrogen and oxygen atoms in total. The smallest absolute Gasteiger partial charge is 0.206 e. The van der Waals surface area contributed by atoms with E-state index >= 15 is 0 Å². The number of benzene rings is 1. The van der Waals surface area contributed by atoms with Gasteiger partial charge in [0, 0.05) is 5.56 Å². The maximum absolute atomic E-state index is 9.01. The Bertz CT molecular complexity index is 519. The summed E-state index contributed by atoms with van der Waals surface area (Å²) >= 11 is 0. The standard InChI is InChI=1S/C11H7N3O/c12-5-8-7-3-1-2-4-10(7)15-11(14)9(8)6-13/h1-4,8H,14H2. The summed E-state index contributed by atoms with van der Waals surface area (Å²) in [5.74, 6) is -0.0664. The fourth-order valence-corrected chi connectivity index (χ4v) is 1.54. The summed E-state index contributed by atoms with van der Waals surface area (Å²) in [5, 5.41) is 17.9. The number of nitrogens with zero attached hydrogens (tertiary/aromatic N) is 2. The highest BCUT2D eigenvalue weighted by Gasteiger charge is 2.28. The monoisotopic (exact) mass is 197 g/mol. The molecule has 0 aromatic heterocycles. The van der Waals surface area contributed by atoms with Crippen LogP contribution in [0.3, 0.4) is 0 Å². The molecule has 0 bridgehead atoms. The van der Waals surface area contributed by atoms with Crippen LogP contribution in [-0.4, -0.2) is 0 Å². The first-order valence-corrected chi connectivity index (χ1v) is 4.34. The number of nitrogens with two attached hydrogens (primary N) is 1. The van der Waals surface area contributed by atoms with Gasteiger partial charge in [0.1, 0.15) is 23.3 Å². The number of hydrogen-bond acceptors (Lipinski definition) is 4. The second-order valence-electron chi connectivity index (χ2n) is 3.09. The highest BCUT2D eigenvalue weighted by atomic mass is 16.5. The topological polar surface area (TPSA) is 82.8 Å². The molecule has 15 heavy (non-hydrogen) atoms. The van der Waals surface area contributed by atoms with Crippen LogP contribution in [-0.2, 0) is 0 Å². The maximum Gasteiger partial charge on any atom is 0.206 e. The summed E-state index contributed by atoms with van der Waals surface area (Å²) in [7, 11) is 0. The van der Waals surface area contributed by atoms with E-state index in [4.69, 9.17) is 21.0 Å². The number of rotatable bonds is 0. The van der Waals surface area contributed by atoms with E-state index in [0.29, 0.717) is 11.3 Å². The van der Waals surface area contributed by atoms with Gasteiger partial charge in [-0.3, -0.25) is 0 Å². The molecule has 72 valence electrons. The van der Waals surface area contributed by atoms with Crippen molar-refractivity contribution < 1.29 is 4.74 Å². The molecule has 1 atom stereocenters. The second kappa shape index (κ2) is 3.36. The first-order chi connectivity index (χ1) is 7.27. The Balaban J connectivity index is 2.62. The van der Waals surface area contributed by atoms with E-state index in [1.165, 1.54) is 0 Å². The quantitative estimate of drug-likeness (QED) is 0.681. The third-order valence-corrected chi connectivity index (χ3v) is 2.25. The maximum atomic E-state index is 9.01. The fourth-order valence-electron chi connectivity index (χ4n) is 1.54. The van der Waals surface area contributed by atoms with E-state index < -0.39 is 5.92 Å². The van der Waals surface area contributed by atoms with Crippen LogP contribution in [0.2, 0.25) is 0 Å². The van der Waals surface area contributed by atoms with Crippen LogP contribution in [0.25, 0.3) is 0 Å². The first kappa shape index (κ1) is 9.11. The van der Waals surface area contributed by atoms with Crippen molar-refractivity contribution >= 4 is 0 Å². The van der Waals surface area contributed by atoms with E-state index in [-0.39, 0.29) is 11.5 Å². The Morgan fingerprint density at radius 1 is 1.27 bits per heavy atom. The van der Waals surface area contributed by atoms with Gasteiger partial charge >= 0.3 is 0 Å². The summed E-state index contributed by atoms with van der Waals surface area (Å²) in [6, 6.07) is 11.0.